The molecule has 2 heteroatoms. The van der Waals surface area contributed by atoms with Crippen molar-refractivity contribution in [2.75, 3.05) is 13.1 Å². The first-order valence-corrected chi connectivity index (χ1v) is 8.72. The van der Waals surface area contributed by atoms with Crippen molar-refractivity contribution in [2.45, 2.75) is 37.6 Å². The van der Waals surface area contributed by atoms with Gasteiger partial charge >= 0.3 is 0 Å². The molecule has 1 aliphatic carbocycles. The van der Waals surface area contributed by atoms with Gasteiger partial charge in [0.2, 0.25) is 0 Å². The fourth-order valence-electron chi connectivity index (χ4n) is 3.81. The molecule has 2 aromatic rings. The number of hydrogen-bond donors (Lipinski definition) is 0. The third kappa shape index (κ3) is 3.23. The van der Waals surface area contributed by atoms with Crippen LogP contribution in [0, 0.1) is 0 Å². The van der Waals surface area contributed by atoms with Crippen molar-refractivity contribution >= 4 is 5.78 Å². The van der Waals surface area contributed by atoms with Crippen molar-refractivity contribution in [3.63, 3.8) is 0 Å². The van der Waals surface area contributed by atoms with Crippen molar-refractivity contribution in [1.82, 2.24) is 4.90 Å². The lowest BCUT2D eigenvalue weighted by atomic mass is 10.0. The summed E-state index contributed by atoms with van der Waals surface area (Å²) in [7, 11) is 0. The summed E-state index contributed by atoms with van der Waals surface area (Å²) in [5, 5.41) is 0. The number of likely N-dealkylation sites (tertiary alicyclic amines) is 1. The summed E-state index contributed by atoms with van der Waals surface area (Å²) in [6.45, 7) is 2.57. The Morgan fingerprint density at radius 3 is 2.35 bits per heavy atom. The molecule has 0 N–H and O–H groups in total. The first-order valence-electron chi connectivity index (χ1n) is 8.72. The molecule has 2 unspecified atom stereocenters. The monoisotopic (exact) mass is 305 g/mol. The van der Waals surface area contributed by atoms with Crippen LogP contribution in [0.3, 0.4) is 0 Å². The maximum Gasteiger partial charge on any atom is 0.167 e. The smallest absolute Gasteiger partial charge is 0.167 e. The molecule has 0 spiro atoms. The normalized spacial score (nSPS) is 23.8. The van der Waals surface area contributed by atoms with Crippen LogP contribution >= 0.6 is 0 Å². The first-order chi connectivity index (χ1) is 11.3. The molecule has 1 aliphatic heterocycles. The number of benzene rings is 2. The molecule has 0 amide bonds. The van der Waals surface area contributed by atoms with Gasteiger partial charge in [-0.05, 0) is 43.5 Å². The predicted octanol–water partition coefficient (Wildman–Crippen LogP) is 4.06. The summed E-state index contributed by atoms with van der Waals surface area (Å²) in [4.78, 5) is 14.9. The van der Waals surface area contributed by atoms with E-state index in [1.807, 2.05) is 30.3 Å². The van der Waals surface area contributed by atoms with E-state index >= 15 is 0 Å². The third-order valence-electron chi connectivity index (χ3n) is 5.23. The SMILES string of the molecule is O=C(Cc1ccc(C2CC2N2CCCC2)cc1)c1ccccc1. The zero-order chi connectivity index (χ0) is 15.6. The number of ketones is 1. The van der Waals surface area contributed by atoms with E-state index in [4.69, 9.17) is 0 Å². The van der Waals surface area contributed by atoms with E-state index in [2.05, 4.69) is 29.2 Å². The van der Waals surface area contributed by atoms with Crippen LogP contribution in [0.25, 0.3) is 0 Å². The van der Waals surface area contributed by atoms with Gasteiger partial charge in [-0.1, -0.05) is 54.6 Å². The Morgan fingerprint density at radius 1 is 0.957 bits per heavy atom. The summed E-state index contributed by atoms with van der Waals surface area (Å²) < 4.78 is 0. The van der Waals surface area contributed by atoms with Gasteiger partial charge in [0, 0.05) is 23.9 Å². The first kappa shape index (κ1) is 14.6. The van der Waals surface area contributed by atoms with Gasteiger partial charge in [0.1, 0.15) is 0 Å². The second kappa shape index (κ2) is 6.29. The third-order valence-corrected chi connectivity index (χ3v) is 5.23. The number of nitrogens with zero attached hydrogens (tertiary/aromatic N) is 1. The second-order valence-corrected chi connectivity index (χ2v) is 6.86. The molecule has 2 aromatic carbocycles. The minimum absolute atomic E-state index is 0.194. The number of rotatable bonds is 5. The Bertz CT molecular complexity index is 671. The van der Waals surface area contributed by atoms with Gasteiger partial charge in [0.05, 0.1) is 0 Å². The molecule has 118 valence electrons. The highest BCUT2D eigenvalue weighted by atomic mass is 16.1. The van der Waals surface area contributed by atoms with Crippen LogP contribution < -0.4 is 0 Å². The highest BCUT2D eigenvalue weighted by molar-refractivity contribution is 5.97. The van der Waals surface area contributed by atoms with Crippen molar-refractivity contribution in [2.24, 2.45) is 0 Å². The van der Waals surface area contributed by atoms with E-state index in [0.29, 0.717) is 12.3 Å². The Hall–Kier alpha value is -1.93. The van der Waals surface area contributed by atoms with Gasteiger partial charge in [-0.25, -0.2) is 0 Å². The van der Waals surface area contributed by atoms with Crippen LogP contribution in [0.5, 0.6) is 0 Å². The molecular formula is C21H23NO. The van der Waals surface area contributed by atoms with Crippen LogP contribution in [0.4, 0.5) is 0 Å². The molecule has 0 bridgehead atoms. The molecule has 0 radical (unpaired) electrons. The number of Topliss-reactive ketones (excluding diaryl/α,β-unsaturated/α-hetero) is 1. The highest BCUT2D eigenvalue weighted by Gasteiger charge is 2.43. The van der Waals surface area contributed by atoms with Crippen molar-refractivity contribution in [3.05, 3.63) is 71.3 Å². The fraction of sp³-hybridized carbons (Fsp3) is 0.381. The van der Waals surface area contributed by atoms with Gasteiger partial charge in [0.15, 0.2) is 5.78 Å². The molecule has 1 saturated heterocycles. The maximum absolute atomic E-state index is 12.3. The molecule has 1 saturated carbocycles. The Labute approximate surface area is 138 Å². The zero-order valence-electron chi connectivity index (χ0n) is 13.4. The quantitative estimate of drug-likeness (QED) is 0.776. The molecule has 2 aliphatic rings. The Balaban J connectivity index is 1.38. The molecule has 2 fully saturated rings. The molecule has 2 atom stereocenters. The van der Waals surface area contributed by atoms with Crippen molar-refractivity contribution in [1.29, 1.82) is 0 Å². The van der Waals surface area contributed by atoms with Gasteiger partial charge < -0.3 is 0 Å². The summed E-state index contributed by atoms with van der Waals surface area (Å²) in [6, 6.07) is 19.1. The Kier molecular flexibility index (Phi) is 4.00. The molecule has 23 heavy (non-hydrogen) atoms. The largest absolute Gasteiger partial charge is 0.300 e. The molecule has 2 nitrogen and oxygen atoms in total. The lowest BCUT2D eigenvalue weighted by Gasteiger charge is -2.14. The average Bonchev–Trinajstić information content (AvgIpc) is 3.21. The van der Waals surface area contributed by atoms with Gasteiger partial charge in [-0.3, -0.25) is 9.69 Å². The fourth-order valence-corrected chi connectivity index (χ4v) is 3.81. The second-order valence-electron chi connectivity index (χ2n) is 6.86. The summed E-state index contributed by atoms with van der Waals surface area (Å²) >= 11 is 0. The summed E-state index contributed by atoms with van der Waals surface area (Å²) in [6.07, 6.45) is 4.53. The summed E-state index contributed by atoms with van der Waals surface area (Å²) in [5.74, 6) is 0.909. The van der Waals surface area contributed by atoms with Crippen LogP contribution in [0.15, 0.2) is 54.6 Å². The van der Waals surface area contributed by atoms with E-state index in [-0.39, 0.29) is 5.78 Å². The van der Waals surface area contributed by atoms with Gasteiger partial charge in [-0.15, -0.1) is 0 Å². The highest BCUT2D eigenvalue weighted by Crippen LogP contribution is 2.45. The average molecular weight is 305 g/mol. The predicted molar refractivity (Wildman–Crippen MR) is 92.9 cm³/mol. The van der Waals surface area contributed by atoms with E-state index in [9.17, 15) is 4.79 Å². The zero-order valence-corrected chi connectivity index (χ0v) is 13.4. The number of hydrogen-bond acceptors (Lipinski definition) is 2. The van der Waals surface area contributed by atoms with E-state index in [1.54, 1.807) is 0 Å². The maximum atomic E-state index is 12.3. The molecule has 1 heterocycles. The van der Waals surface area contributed by atoms with Crippen LogP contribution in [0.2, 0.25) is 0 Å². The van der Waals surface area contributed by atoms with Crippen LogP contribution in [-0.2, 0) is 6.42 Å². The van der Waals surface area contributed by atoms with Crippen LogP contribution in [-0.4, -0.2) is 29.8 Å². The topological polar surface area (TPSA) is 20.3 Å². The lowest BCUT2D eigenvalue weighted by molar-refractivity contribution is 0.0993. The van der Waals surface area contributed by atoms with E-state index in [0.717, 1.165) is 17.2 Å². The standard InChI is InChI=1S/C21H23NO/c23-21(18-6-2-1-3-7-18)14-16-8-10-17(11-9-16)19-15-20(19)22-12-4-5-13-22/h1-3,6-11,19-20H,4-5,12-15H2. The van der Waals surface area contributed by atoms with Crippen molar-refractivity contribution < 1.29 is 4.79 Å². The van der Waals surface area contributed by atoms with Gasteiger partial charge in [-0.2, -0.15) is 0 Å². The minimum Gasteiger partial charge on any atom is -0.300 e. The molecule has 4 rings (SSSR count). The Morgan fingerprint density at radius 2 is 1.65 bits per heavy atom. The minimum atomic E-state index is 0.194. The van der Waals surface area contributed by atoms with Crippen molar-refractivity contribution in [3.8, 4) is 0 Å². The lowest BCUT2D eigenvalue weighted by Crippen LogP contribution is -2.22. The van der Waals surface area contributed by atoms with Gasteiger partial charge in [0.25, 0.3) is 0 Å². The van der Waals surface area contributed by atoms with Crippen LogP contribution in [0.1, 0.15) is 46.7 Å². The van der Waals surface area contributed by atoms with E-state index < -0.39 is 0 Å². The van der Waals surface area contributed by atoms with E-state index in [1.165, 1.54) is 37.9 Å². The molecule has 0 aromatic heterocycles. The number of carbonyl (C=O) groups excluding carboxylic acids is 1. The number of carbonyl (C=O) groups is 1. The molecular weight excluding hydrogens is 282 g/mol. The summed E-state index contributed by atoms with van der Waals surface area (Å²) in [5.41, 5.74) is 3.35.